The molecule has 0 saturated carbocycles. The summed E-state index contributed by atoms with van der Waals surface area (Å²) in [6, 6.07) is 0. The number of aromatic nitrogens is 2. The van der Waals surface area contributed by atoms with Crippen molar-refractivity contribution in [1.82, 2.24) is 9.55 Å². The molecule has 1 aromatic heterocycles. The SMILES string of the molecule is CC(=O)Cn1c([N+](=O)[O-])nc(C)c1C. The highest BCUT2D eigenvalue weighted by Gasteiger charge is 2.22. The fraction of sp³-hybridized carbons (Fsp3) is 0.500. The van der Waals surface area contributed by atoms with Crippen molar-refractivity contribution in [2.24, 2.45) is 0 Å². The van der Waals surface area contributed by atoms with Gasteiger partial charge in [0.2, 0.25) is 0 Å². The molecule has 0 unspecified atom stereocenters. The summed E-state index contributed by atoms with van der Waals surface area (Å²) in [5, 5.41) is 10.6. The van der Waals surface area contributed by atoms with E-state index in [1.165, 1.54) is 11.5 Å². The molecule has 1 heterocycles. The van der Waals surface area contributed by atoms with E-state index in [9.17, 15) is 14.9 Å². The number of aryl methyl sites for hydroxylation is 1. The van der Waals surface area contributed by atoms with E-state index in [1.807, 2.05) is 0 Å². The van der Waals surface area contributed by atoms with Gasteiger partial charge in [-0.1, -0.05) is 4.98 Å². The van der Waals surface area contributed by atoms with E-state index in [0.717, 1.165) is 0 Å². The average Bonchev–Trinajstić information content (AvgIpc) is 2.32. The summed E-state index contributed by atoms with van der Waals surface area (Å²) >= 11 is 0. The van der Waals surface area contributed by atoms with Crippen LogP contribution in [0.3, 0.4) is 0 Å². The molecule has 0 radical (unpaired) electrons. The molecule has 0 aliphatic carbocycles. The van der Waals surface area contributed by atoms with Crippen LogP contribution in [0, 0.1) is 24.0 Å². The molecule has 0 fully saturated rings. The lowest BCUT2D eigenvalue weighted by molar-refractivity contribution is -0.396. The van der Waals surface area contributed by atoms with Gasteiger partial charge in [0, 0.05) is 0 Å². The van der Waals surface area contributed by atoms with Gasteiger partial charge in [-0.2, -0.15) is 0 Å². The van der Waals surface area contributed by atoms with E-state index < -0.39 is 4.92 Å². The fourth-order valence-electron chi connectivity index (χ4n) is 1.19. The van der Waals surface area contributed by atoms with Crippen LogP contribution in [0.5, 0.6) is 0 Å². The van der Waals surface area contributed by atoms with Gasteiger partial charge in [-0.25, -0.2) is 4.57 Å². The van der Waals surface area contributed by atoms with E-state index in [0.29, 0.717) is 11.4 Å². The molecular formula is C8H11N3O3. The second-order valence-electron chi connectivity index (χ2n) is 3.13. The molecule has 76 valence electrons. The van der Waals surface area contributed by atoms with Gasteiger partial charge in [-0.3, -0.25) is 4.79 Å². The van der Waals surface area contributed by atoms with E-state index in [-0.39, 0.29) is 18.3 Å². The number of imidazole rings is 1. The molecule has 6 nitrogen and oxygen atoms in total. The molecule has 14 heavy (non-hydrogen) atoms. The van der Waals surface area contributed by atoms with Crippen LogP contribution in [0.15, 0.2) is 0 Å². The molecule has 0 aromatic carbocycles. The normalized spacial score (nSPS) is 10.2. The van der Waals surface area contributed by atoms with Gasteiger partial charge in [0.1, 0.15) is 12.2 Å². The quantitative estimate of drug-likeness (QED) is 0.534. The molecule has 0 aliphatic rings. The minimum absolute atomic E-state index is 0.00296. The molecule has 0 spiro atoms. The highest BCUT2D eigenvalue weighted by Crippen LogP contribution is 2.16. The Morgan fingerprint density at radius 3 is 2.57 bits per heavy atom. The minimum Gasteiger partial charge on any atom is -0.390 e. The number of nitro groups is 1. The van der Waals surface area contributed by atoms with E-state index in [2.05, 4.69) is 4.98 Å². The van der Waals surface area contributed by atoms with Crippen molar-refractivity contribution in [3.8, 4) is 0 Å². The molecule has 0 bridgehead atoms. The first-order valence-corrected chi connectivity index (χ1v) is 4.11. The summed E-state index contributed by atoms with van der Waals surface area (Å²) in [4.78, 5) is 24.7. The van der Waals surface area contributed by atoms with Crippen LogP contribution in [0.4, 0.5) is 5.95 Å². The van der Waals surface area contributed by atoms with Gasteiger partial charge in [-0.05, 0) is 25.7 Å². The summed E-state index contributed by atoms with van der Waals surface area (Å²) in [6.07, 6.45) is 0. The first-order valence-electron chi connectivity index (χ1n) is 4.11. The Bertz CT molecular complexity index is 395. The van der Waals surface area contributed by atoms with Crippen molar-refractivity contribution in [2.75, 3.05) is 0 Å². The number of carbonyl (C=O) groups excluding carboxylic acids is 1. The molecule has 1 aromatic rings. The van der Waals surface area contributed by atoms with E-state index in [1.54, 1.807) is 13.8 Å². The number of hydrogen-bond donors (Lipinski definition) is 0. The zero-order valence-corrected chi connectivity index (χ0v) is 8.27. The Hall–Kier alpha value is -1.72. The topological polar surface area (TPSA) is 78.0 Å². The lowest BCUT2D eigenvalue weighted by Gasteiger charge is -1.99. The number of hydrogen-bond acceptors (Lipinski definition) is 4. The number of ketones is 1. The smallest absolute Gasteiger partial charge is 0.390 e. The molecule has 0 amide bonds. The maximum atomic E-state index is 10.9. The molecule has 0 saturated heterocycles. The van der Waals surface area contributed by atoms with Crippen molar-refractivity contribution in [2.45, 2.75) is 27.3 Å². The van der Waals surface area contributed by atoms with Crippen molar-refractivity contribution >= 4 is 11.7 Å². The third-order valence-corrected chi connectivity index (χ3v) is 1.98. The highest BCUT2D eigenvalue weighted by molar-refractivity contribution is 5.75. The van der Waals surface area contributed by atoms with Gasteiger partial charge >= 0.3 is 5.95 Å². The second kappa shape index (κ2) is 3.57. The predicted molar refractivity (Wildman–Crippen MR) is 49.0 cm³/mol. The van der Waals surface area contributed by atoms with Crippen LogP contribution in [0.2, 0.25) is 0 Å². The maximum Gasteiger partial charge on any atom is 0.435 e. The van der Waals surface area contributed by atoms with Gasteiger partial charge < -0.3 is 10.1 Å². The third kappa shape index (κ3) is 1.78. The van der Waals surface area contributed by atoms with Gasteiger partial charge in [-0.15, -0.1) is 0 Å². The van der Waals surface area contributed by atoms with Crippen molar-refractivity contribution in [3.63, 3.8) is 0 Å². The number of nitrogens with zero attached hydrogens (tertiary/aromatic N) is 3. The molecule has 0 atom stereocenters. The lowest BCUT2D eigenvalue weighted by Crippen LogP contribution is -2.10. The zero-order chi connectivity index (χ0) is 10.9. The molecule has 0 aliphatic heterocycles. The van der Waals surface area contributed by atoms with Crippen LogP contribution >= 0.6 is 0 Å². The molecule has 0 N–H and O–H groups in total. The molecule has 1 rings (SSSR count). The van der Waals surface area contributed by atoms with Crippen LogP contribution < -0.4 is 0 Å². The van der Waals surface area contributed by atoms with Gasteiger partial charge in [0.25, 0.3) is 0 Å². The Morgan fingerprint density at radius 2 is 2.14 bits per heavy atom. The largest absolute Gasteiger partial charge is 0.435 e. The standard InChI is InChI=1S/C8H11N3O3/c1-5(12)4-10-7(3)6(2)9-8(10)11(13)14/h4H2,1-3H3. The Balaban J connectivity index is 3.23. The Kier molecular flexibility index (Phi) is 2.64. The van der Waals surface area contributed by atoms with Gasteiger partial charge in [0.15, 0.2) is 11.5 Å². The molecular weight excluding hydrogens is 186 g/mol. The highest BCUT2D eigenvalue weighted by atomic mass is 16.6. The van der Waals surface area contributed by atoms with Crippen molar-refractivity contribution in [1.29, 1.82) is 0 Å². The van der Waals surface area contributed by atoms with E-state index in [4.69, 9.17) is 0 Å². The first-order chi connectivity index (χ1) is 6.43. The van der Waals surface area contributed by atoms with Crippen LogP contribution in [0.25, 0.3) is 0 Å². The summed E-state index contributed by atoms with van der Waals surface area (Å²) in [6.45, 7) is 4.78. The maximum absolute atomic E-state index is 10.9. The van der Waals surface area contributed by atoms with Crippen molar-refractivity contribution in [3.05, 3.63) is 21.5 Å². The predicted octanol–water partition coefficient (Wildman–Crippen LogP) is 0.997. The minimum atomic E-state index is -0.580. The number of rotatable bonds is 3. The Morgan fingerprint density at radius 1 is 1.57 bits per heavy atom. The fourth-order valence-corrected chi connectivity index (χ4v) is 1.19. The zero-order valence-electron chi connectivity index (χ0n) is 8.27. The van der Waals surface area contributed by atoms with Crippen LogP contribution in [-0.4, -0.2) is 20.3 Å². The second-order valence-corrected chi connectivity index (χ2v) is 3.13. The summed E-state index contributed by atoms with van der Waals surface area (Å²) in [5.74, 6) is -0.399. The third-order valence-electron chi connectivity index (χ3n) is 1.98. The summed E-state index contributed by atoms with van der Waals surface area (Å²) in [5.41, 5.74) is 1.24. The number of carbonyl (C=O) groups is 1. The van der Waals surface area contributed by atoms with Crippen LogP contribution in [0.1, 0.15) is 18.3 Å². The van der Waals surface area contributed by atoms with Crippen LogP contribution in [-0.2, 0) is 11.3 Å². The van der Waals surface area contributed by atoms with Crippen molar-refractivity contribution < 1.29 is 9.72 Å². The summed E-state index contributed by atoms with van der Waals surface area (Å²) < 4.78 is 1.32. The Labute approximate surface area is 80.7 Å². The first kappa shape index (κ1) is 10.4. The monoisotopic (exact) mass is 197 g/mol. The van der Waals surface area contributed by atoms with E-state index >= 15 is 0 Å². The molecule has 6 heteroatoms. The average molecular weight is 197 g/mol. The number of Topliss-reactive ketones (excluding diaryl/α,β-unsaturated/α-hetero) is 1. The summed E-state index contributed by atoms with van der Waals surface area (Å²) in [7, 11) is 0. The lowest BCUT2D eigenvalue weighted by atomic mass is 10.3. The van der Waals surface area contributed by atoms with Gasteiger partial charge in [0.05, 0.1) is 0 Å².